The first-order valence-electron chi connectivity index (χ1n) is 14.6. The smallest absolute Gasteiger partial charge is 0.180 e. The summed E-state index contributed by atoms with van der Waals surface area (Å²) in [5.74, 6) is -0.930. The first-order chi connectivity index (χ1) is 20.7. The molecular weight excluding hydrogens is 544 g/mol. The maximum absolute atomic E-state index is 15.1. The van der Waals surface area contributed by atoms with Gasteiger partial charge in [0, 0.05) is 59.7 Å². The zero-order chi connectivity index (χ0) is 31.1. The Balaban J connectivity index is 1.49. The third-order valence-corrected chi connectivity index (χ3v) is 7.49. The molecule has 0 saturated carbocycles. The summed E-state index contributed by atoms with van der Waals surface area (Å²) < 4.78 is 31.6. The summed E-state index contributed by atoms with van der Waals surface area (Å²) >= 11 is 0. The van der Waals surface area contributed by atoms with Crippen molar-refractivity contribution in [3.8, 4) is 11.3 Å². The number of halogens is 2. The fourth-order valence-corrected chi connectivity index (χ4v) is 4.89. The Morgan fingerprint density at radius 3 is 2.53 bits per heavy atom. The molecule has 2 aromatic heterocycles. The van der Waals surface area contributed by atoms with E-state index in [1.165, 1.54) is 6.20 Å². The fraction of sp³-hybridized carbons (Fsp3) is 0.294. The van der Waals surface area contributed by atoms with Crippen LogP contribution in [0.3, 0.4) is 0 Å². The van der Waals surface area contributed by atoms with Gasteiger partial charge in [-0.05, 0) is 54.5 Å². The molecule has 1 unspecified atom stereocenters. The van der Waals surface area contributed by atoms with Crippen molar-refractivity contribution in [3.05, 3.63) is 109 Å². The van der Waals surface area contributed by atoms with E-state index >= 15 is 4.39 Å². The summed E-state index contributed by atoms with van der Waals surface area (Å²) in [6.45, 7) is 19.5. The van der Waals surface area contributed by atoms with Crippen LogP contribution >= 0.6 is 0 Å². The zero-order valence-corrected chi connectivity index (χ0v) is 25.2. The number of aryl methyl sites for hydroxylation is 2. The van der Waals surface area contributed by atoms with Gasteiger partial charge in [0.15, 0.2) is 23.1 Å². The van der Waals surface area contributed by atoms with Crippen LogP contribution in [0.2, 0.25) is 0 Å². The minimum Gasteiger partial charge on any atom is -0.386 e. The number of allylic oxidation sites excluding steroid dienone is 1. The highest BCUT2D eigenvalue weighted by molar-refractivity contribution is 5.76. The molecule has 4 aromatic rings. The number of rotatable bonds is 15. The summed E-state index contributed by atoms with van der Waals surface area (Å²) in [6, 6.07) is 9.13. The number of hydrogen-bond acceptors (Lipinski definition) is 6. The molecule has 226 valence electrons. The summed E-state index contributed by atoms with van der Waals surface area (Å²) in [7, 11) is 0. The Morgan fingerprint density at radius 1 is 1.05 bits per heavy atom. The maximum Gasteiger partial charge on any atom is 0.180 e. The number of imidazole rings is 1. The van der Waals surface area contributed by atoms with Crippen LogP contribution in [0.5, 0.6) is 0 Å². The van der Waals surface area contributed by atoms with Crippen LogP contribution < -0.4 is 21.7 Å². The SMILES string of the molecule is C=CCCc1ccc(-c2cnc3c(Nc4ccc(C(=C)NCCNC(=C)C(N)C(C)C)c(CC)c4)nccn23)c(F)c1F. The second kappa shape index (κ2) is 14.1. The third kappa shape index (κ3) is 7.11. The molecule has 4 rings (SSSR count). The first-order valence-corrected chi connectivity index (χ1v) is 14.6. The molecule has 0 amide bonds. The predicted molar refractivity (Wildman–Crippen MR) is 173 cm³/mol. The molecule has 0 spiro atoms. The van der Waals surface area contributed by atoms with Gasteiger partial charge in [-0.25, -0.2) is 18.7 Å². The molecule has 0 aliphatic carbocycles. The fourth-order valence-electron chi connectivity index (χ4n) is 4.89. The quantitative estimate of drug-likeness (QED) is 0.0912. The first kappa shape index (κ1) is 31.4. The van der Waals surface area contributed by atoms with Crippen molar-refractivity contribution in [1.29, 1.82) is 0 Å². The molecule has 0 aliphatic heterocycles. The Bertz CT molecular complexity index is 1620. The van der Waals surface area contributed by atoms with Gasteiger partial charge in [-0.2, -0.15) is 0 Å². The van der Waals surface area contributed by atoms with Gasteiger partial charge in [-0.15, -0.1) is 6.58 Å². The number of anilines is 2. The highest BCUT2D eigenvalue weighted by Gasteiger charge is 2.19. The van der Waals surface area contributed by atoms with E-state index in [1.807, 2.05) is 12.1 Å². The van der Waals surface area contributed by atoms with Crippen molar-refractivity contribution >= 4 is 22.8 Å². The van der Waals surface area contributed by atoms with E-state index in [-0.39, 0.29) is 11.6 Å². The van der Waals surface area contributed by atoms with Crippen molar-refractivity contribution in [3.63, 3.8) is 0 Å². The minimum absolute atomic E-state index is 0.0908. The number of fused-ring (bicyclic) bond motifs is 1. The van der Waals surface area contributed by atoms with E-state index in [2.05, 4.69) is 72.5 Å². The van der Waals surface area contributed by atoms with E-state index in [1.54, 1.807) is 35.0 Å². The van der Waals surface area contributed by atoms with Crippen LogP contribution in [0.25, 0.3) is 22.6 Å². The lowest BCUT2D eigenvalue weighted by Gasteiger charge is -2.21. The number of benzene rings is 2. The van der Waals surface area contributed by atoms with Gasteiger partial charge in [-0.1, -0.05) is 52.1 Å². The second-order valence-corrected chi connectivity index (χ2v) is 10.8. The molecule has 2 aromatic carbocycles. The molecule has 1 atom stereocenters. The minimum atomic E-state index is -0.897. The topological polar surface area (TPSA) is 92.3 Å². The average Bonchev–Trinajstić information content (AvgIpc) is 3.44. The van der Waals surface area contributed by atoms with Gasteiger partial charge in [0.2, 0.25) is 0 Å². The second-order valence-electron chi connectivity index (χ2n) is 10.8. The Kier molecular flexibility index (Phi) is 10.3. The molecule has 2 heterocycles. The van der Waals surface area contributed by atoms with E-state index < -0.39 is 11.6 Å². The van der Waals surface area contributed by atoms with Crippen molar-refractivity contribution in [2.45, 2.75) is 46.1 Å². The maximum atomic E-state index is 15.1. The van der Waals surface area contributed by atoms with Gasteiger partial charge < -0.3 is 21.7 Å². The van der Waals surface area contributed by atoms with Gasteiger partial charge in [0.1, 0.15) is 0 Å². The van der Waals surface area contributed by atoms with Gasteiger partial charge in [0.25, 0.3) is 0 Å². The Hall–Kier alpha value is -4.50. The van der Waals surface area contributed by atoms with E-state index in [0.717, 1.165) is 34.6 Å². The van der Waals surface area contributed by atoms with Crippen LogP contribution in [0.15, 0.2) is 80.4 Å². The van der Waals surface area contributed by atoms with E-state index in [0.29, 0.717) is 54.6 Å². The Labute approximate surface area is 252 Å². The summed E-state index contributed by atoms with van der Waals surface area (Å²) in [6.07, 6.45) is 8.25. The van der Waals surface area contributed by atoms with Crippen molar-refractivity contribution < 1.29 is 8.78 Å². The normalized spacial score (nSPS) is 11.9. The molecule has 0 aliphatic rings. The highest BCUT2D eigenvalue weighted by atomic mass is 19.2. The van der Waals surface area contributed by atoms with Crippen LogP contribution in [-0.4, -0.2) is 33.5 Å². The molecule has 0 radical (unpaired) electrons. The lowest BCUT2D eigenvalue weighted by atomic mass is 10.0. The predicted octanol–water partition coefficient (Wildman–Crippen LogP) is 6.75. The van der Waals surface area contributed by atoms with E-state index in [4.69, 9.17) is 5.73 Å². The highest BCUT2D eigenvalue weighted by Crippen LogP contribution is 2.30. The summed E-state index contributed by atoms with van der Waals surface area (Å²) in [5.41, 5.74) is 12.1. The molecule has 43 heavy (non-hydrogen) atoms. The number of nitrogens with zero attached hydrogens (tertiary/aromatic N) is 3. The van der Waals surface area contributed by atoms with Crippen LogP contribution in [-0.2, 0) is 12.8 Å². The van der Waals surface area contributed by atoms with Gasteiger partial charge >= 0.3 is 0 Å². The van der Waals surface area contributed by atoms with Crippen molar-refractivity contribution in [2.75, 3.05) is 18.4 Å². The molecule has 0 bridgehead atoms. The van der Waals surface area contributed by atoms with Crippen molar-refractivity contribution in [1.82, 2.24) is 25.0 Å². The average molecular weight is 586 g/mol. The van der Waals surface area contributed by atoms with E-state index in [9.17, 15) is 4.39 Å². The molecule has 9 heteroatoms. The molecule has 0 fully saturated rings. The lowest BCUT2D eigenvalue weighted by Crippen LogP contribution is -2.37. The van der Waals surface area contributed by atoms with Crippen LogP contribution in [0, 0.1) is 17.6 Å². The molecule has 5 N–H and O–H groups in total. The zero-order valence-electron chi connectivity index (χ0n) is 25.2. The number of hydrogen-bond donors (Lipinski definition) is 4. The summed E-state index contributed by atoms with van der Waals surface area (Å²) in [4.78, 5) is 8.96. The third-order valence-electron chi connectivity index (χ3n) is 7.49. The summed E-state index contributed by atoms with van der Waals surface area (Å²) in [5, 5.41) is 10.0. The number of nitrogens with two attached hydrogens (primary N) is 1. The van der Waals surface area contributed by atoms with Gasteiger partial charge in [0.05, 0.1) is 11.9 Å². The lowest BCUT2D eigenvalue weighted by molar-refractivity contribution is 0.501. The Morgan fingerprint density at radius 2 is 1.81 bits per heavy atom. The number of aromatic nitrogens is 3. The van der Waals surface area contributed by atoms with Crippen LogP contribution in [0.1, 0.15) is 43.9 Å². The monoisotopic (exact) mass is 585 g/mol. The molecule has 7 nitrogen and oxygen atoms in total. The largest absolute Gasteiger partial charge is 0.386 e. The van der Waals surface area contributed by atoms with Crippen LogP contribution in [0.4, 0.5) is 20.3 Å². The standard InChI is InChI=1S/C34H41F2N7/c1-7-9-10-25-11-13-28(31(36)30(25)35)29-20-41-34-33(40-17-18-43(29)34)42-26-12-14-27(24(8-2)19-26)22(5)38-15-16-39-23(6)32(37)21(3)4/h7,11-14,17-21,32,38-39H,1,5-6,8-10,15-16,37H2,2-4H3,(H,40,42). The molecular formula is C34H41F2N7. The molecule has 0 saturated heterocycles. The van der Waals surface area contributed by atoms with Crippen molar-refractivity contribution in [2.24, 2.45) is 11.7 Å². The number of nitrogens with one attached hydrogen (secondary N) is 3. The van der Waals surface area contributed by atoms with Gasteiger partial charge in [-0.3, -0.25) is 4.40 Å².